The van der Waals surface area contributed by atoms with E-state index in [0.29, 0.717) is 34.6 Å². The van der Waals surface area contributed by atoms with Crippen LogP contribution < -0.4 is 4.90 Å². The highest BCUT2D eigenvalue weighted by molar-refractivity contribution is 7.18. The Balaban J connectivity index is 2.24. The van der Waals surface area contributed by atoms with E-state index in [2.05, 4.69) is 31.0 Å². The number of carbonyl (C=O) groups is 1. The maximum atomic E-state index is 13.3. The number of benzene rings is 1. The van der Waals surface area contributed by atoms with E-state index >= 15 is 0 Å². The van der Waals surface area contributed by atoms with E-state index in [-0.39, 0.29) is 11.7 Å². The first-order valence-corrected chi connectivity index (χ1v) is 8.72. The highest BCUT2D eigenvalue weighted by atomic mass is 32.1. The van der Waals surface area contributed by atoms with Crippen LogP contribution in [0.4, 0.5) is 9.52 Å². The Kier molecular flexibility index (Phi) is 6.21. The molecule has 0 aliphatic rings. The van der Waals surface area contributed by atoms with Gasteiger partial charge < -0.3 is 0 Å². The van der Waals surface area contributed by atoms with Gasteiger partial charge in [-0.15, -0.1) is 10.2 Å². The van der Waals surface area contributed by atoms with Crippen molar-refractivity contribution in [2.75, 3.05) is 11.4 Å². The van der Waals surface area contributed by atoms with Crippen LogP contribution in [0.3, 0.4) is 0 Å². The summed E-state index contributed by atoms with van der Waals surface area (Å²) in [6, 6.07) is 6.25. The number of rotatable bonds is 7. The zero-order valence-electron chi connectivity index (χ0n) is 13.8. The summed E-state index contributed by atoms with van der Waals surface area (Å²) in [5.74, 6) is 0.0990. The normalized spacial score (nSPS) is 11.0. The number of nitrogens with zero attached hydrogens (tertiary/aromatic N) is 3. The van der Waals surface area contributed by atoms with Crippen LogP contribution in [0.2, 0.25) is 0 Å². The topological polar surface area (TPSA) is 46.1 Å². The fourth-order valence-electron chi connectivity index (χ4n) is 2.18. The molecule has 0 saturated carbocycles. The molecule has 23 heavy (non-hydrogen) atoms. The van der Waals surface area contributed by atoms with Gasteiger partial charge in [0.05, 0.1) is 0 Å². The van der Waals surface area contributed by atoms with Gasteiger partial charge in [-0.3, -0.25) is 9.69 Å². The molecular formula is C17H22FN3OS. The van der Waals surface area contributed by atoms with Crippen molar-refractivity contribution in [1.82, 2.24) is 10.2 Å². The average molecular weight is 335 g/mol. The lowest BCUT2D eigenvalue weighted by atomic mass is 10.2. The lowest BCUT2D eigenvalue weighted by Gasteiger charge is -2.21. The molecule has 2 rings (SSSR count). The summed E-state index contributed by atoms with van der Waals surface area (Å²) in [6.07, 6.45) is 2.35. The Bertz CT molecular complexity index is 657. The summed E-state index contributed by atoms with van der Waals surface area (Å²) in [5, 5.41) is 9.49. The Labute approximate surface area is 140 Å². The van der Waals surface area contributed by atoms with Crippen molar-refractivity contribution in [1.29, 1.82) is 0 Å². The summed E-state index contributed by atoms with van der Waals surface area (Å²) >= 11 is 1.32. The van der Waals surface area contributed by atoms with Crippen LogP contribution in [-0.4, -0.2) is 22.6 Å². The SMILES string of the molecule is CCCCC(=O)N(CC(C)C)c1nnc(-c2cccc(F)c2)s1. The number of anilines is 1. The zero-order chi connectivity index (χ0) is 16.8. The van der Waals surface area contributed by atoms with Gasteiger partial charge in [-0.05, 0) is 24.5 Å². The first-order valence-electron chi connectivity index (χ1n) is 7.91. The van der Waals surface area contributed by atoms with Crippen LogP contribution in [0.5, 0.6) is 0 Å². The summed E-state index contributed by atoms with van der Waals surface area (Å²) in [5.41, 5.74) is 0.680. The predicted molar refractivity (Wildman–Crippen MR) is 92.0 cm³/mol. The molecule has 0 aliphatic carbocycles. The second-order valence-corrected chi connectivity index (χ2v) is 6.86. The van der Waals surface area contributed by atoms with E-state index in [9.17, 15) is 9.18 Å². The van der Waals surface area contributed by atoms with Crippen molar-refractivity contribution in [3.8, 4) is 10.6 Å². The minimum Gasteiger partial charge on any atom is -0.286 e. The lowest BCUT2D eigenvalue weighted by molar-refractivity contribution is -0.118. The molecule has 0 saturated heterocycles. The van der Waals surface area contributed by atoms with E-state index in [1.165, 1.54) is 23.5 Å². The van der Waals surface area contributed by atoms with Crippen LogP contribution in [-0.2, 0) is 4.79 Å². The fourth-order valence-corrected chi connectivity index (χ4v) is 3.05. The van der Waals surface area contributed by atoms with Gasteiger partial charge in [0.25, 0.3) is 0 Å². The maximum absolute atomic E-state index is 13.3. The quantitative estimate of drug-likeness (QED) is 0.747. The molecule has 1 amide bonds. The average Bonchev–Trinajstić information content (AvgIpc) is 2.99. The predicted octanol–water partition coefficient (Wildman–Crippen LogP) is 4.52. The van der Waals surface area contributed by atoms with E-state index in [1.54, 1.807) is 17.0 Å². The van der Waals surface area contributed by atoms with Crippen molar-refractivity contribution < 1.29 is 9.18 Å². The molecule has 0 unspecified atom stereocenters. The van der Waals surface area contributed by atoms with Gasteiger partial charge >= 0.3 is 0 Å². The van der Waals surface area contributed by atoms with Gasteiger partial charge in [0.15, 0.2) is 0 Å². The number of unbranched alkanes of at least 4 members (excludes halogenated alkanes) is 1. The van der Waals surface area contributed by atoms with Gasteiger partial charge in [-0.1, -0.05) is 50.7 Å². The minimum atomic E-state index is -0.308. The first-order chi connectivity index (χ1) is 11.0. The first kappa shape index (κ1) is 17.5. The summed E-state index contributed by atoms with van der Waals surface area (Å²) in [4.78, 5) is 14.2. The van der Waals surface area contributed by atoms with E-state index in [1.807, 2.05) is 0 Å². The van der Waals surface area contributed by atoms with Crippen molar-refractivity contribution in [3.05, 3.63) is 30.1 Å². The van der Waals surface area contributed by atoms with Crippen LogP contribution in [0, 0.1) is 11.7 Å². The van der Waals surface area contributed by atoms with Gasteiger partial charge in [0, 0.05) is 18.5 Å². The number of hydrogen-bond acceptors (Lipinski definition) is 4. The van der Waals surface area contributed by atoms with Crippen molar-refractivity contribution >= 4 is 22.4 Å². The number of aromatic nitrogens is 2. The van der Waals surface area contributed by atoms with Gasteiger partial charge in [0.1, 0.15) is 10.8 Å². The molecule has 0 atom stereocenters. The Hall–Kier alpha value is -1.82. The molecule has 1 heterocycles. The van der Waals surface area contributed by atoms with Crippen molar-refractivity contribution in [2.24, 2.45) is 5.92 Å². The Morgan fingerprint density at radius 3 is 2.78 bits per heavy atom. The van der Waals surface area contributed by atoms with Crippen LogP contribution in [0.15, 0.2) is 24.3 Å². The molecule has 0 spiro atoms. The Morgan fingerprint density at radius 1 is 1.35 bits per heavy atom. The molecule has 1 aromatic carbocycles. The maximum Gasteiger partial charge on any atom is 0.228 e. The molecule has 6 heteroatoms. The summed E-state index contributed by atoms with van der Waals surface area (Å²) in [7, 11) is 0. The molecule has 0 radical (unpaired) electrons. The number of carbonyl (C=O) groups excluding carboxylic acids is 1. The standard InChI is InChI=1S/C17H22FN3OS/c1-4-5-9-15(22)21(11-12(2)3)17-20-19-16(23-17)13-7-6-8-14(18)10-13/h6-8,10,12H,4-5,9,11H2,1-3H3. The highest BCUT2D eigenvalue weighted by Crippen LogP contribution is 2.30. The van der Waals surface area contributed by atoms with E-state index in [0.717, 1.165) is 12.8 Å². The smallest absolute Gasteiger partial charge is 0.228 e. The highest BCUT2D eigenvalue weighted by Gasteiger charge is 2.21. The van der Waals surface area contributed by atoms with Crippen molar-refractivity contribution in [3.63, 3.8) is 0 Å². The zero-order valence-corrected chi connectivity index (χ0v) is 14.6. The molecule has 124 valence electrons. The van der Waals surface area contributed by atoms with Crippen molar-refractivity contribution in [2.45, 2.75) is 40.0 Å². The van der Waals surface area contributed by atoms with Crippen LogP contribution >= 0.6 is 11.3 Å². The third-order valence-corrected chi connectivity index (χ3v) is 4.31. The lowest BCUT2D eigenvalue weighted by Crippen LogP contribution is -2.34. The van der Waals surface area contributed by atoms with E-state index < -0.39 is 0 Å². The largest absolute Gasteiger partial charge is 0.286 e. The molecule has 0 fully saturated rings. The van der Waals surface area contributed by atoms with Gasteiger partial charge in [0.2, 0.25) is 11.0 Å². The summed E-state index contributed by atoms with van der Waals surface area (Å²) < 4.78 is 13.3. The molecule has 0 bridgehead atoms. The van der Waals surface area contributed by atoms with Crippen LogP contribution in [0.25, 0.3) is 10.6 Å². The van der Waals surface area contributed by atoms with Crippen LogP contribution in [0.1, 0.15) is 40.0 Å². The number of halogens is 1. The fraction of sp³-hybridized carbons (Fsp3) is 0.471. The monoisotopic (exact) mass is 335 g/mol. The number of hydrogen-bond donors (Lipinski definition) is 0. The molecule has 1 aromatic heterocycles. The Morgan fingerprint density at radius 2 is 2.13 bits per heavy atom. The van der Waals surface area contributed by atoms with Gasteiger partial charge in [-0.25, -0.2) is 4.39 Å². The molecule has 2 aromatic rings. The number of amides is 1. The third kappa shape index (κ3) is 4.82. The van der Waals surface area contributed by atoms with Gasteiger partial charge in [-0.2, -0.15) is 0 Å². The minimum absolute atomic E-state index is 0.0718. The second kappa shape index (κ2) is 8.15. The molecule has 4 nitrogen and oxygen atoms in total. The molecule has 0 N–H and O–H groups in total. The third-order valence-electron chi connectivity index (χ3n) is 3.31. The molecule has 0 aliphatic heterocycles. The summed E-state index contributed by atoms with van der Waals surface area (Å²) in [6.45, 7) is 6.80. The second-order valence-electron chi connectivity index (χ2n) is 5.90. The molecular weight excluding hydrogens is 313 g/mol. The van der Waals surface area contributed by atoms with E-state index in [4.69, 9.17) is 0 Å².